The number of hydrogen-bond acceptors (Lipinski definition) is 5. The standard InChI is InChI=1S/C21H27NO3S/c1-3-24-21-9-8-17(16(2)23)12-18(21)13-22(14-19-6-4-10-25-19)15-20-7-5-11-26-20/h5,7-9,11-12,19H,3-4,6,10,13-15H2,1-2H3. The molecule has 1 aliphatic heterocycles. The second-order valence-electron chi connectivity index (χ2n) is 6.70. The van der Waals surface area contributed by atoms with Crippen molar-refractivity contribution in [2.45, 2.75) is 45.9 Å². The highest BCUT2D eigenvalue weighted by Crippen LogP contribution is 2.25. The van der Waals surface area contributed by atoms with Crippen LogP contribution in [0, 0.1) is 0 Å². The third-order valence-corrected chi connectivity index (χ3v) is 5.47. The van der Waals surface area contributed by atoms with Gasteiger partial charge in [-0.3, -0.25) is 9.69 Å². The number of carbonyl (C=O) groups is 1. The van der Waals surface area contributed by atoms with Crippen LogP contribution in [-0.4, -0.2) is 36.5 Å². The molecule has 2 aromatic rings. The molecule has 1 aromatic carbocycles. The molecule has 0 bridgehead atoms. The van der Waals surface area contributed by atoms with Crippen LogP contribution in [0.5, 0.6) is 5.75 Å². The fourth-order valence-corrected chi connectivity index (χ4v) is 4.09. The maximum atomic E-state index is 11.8. The molecule has 0 spiro atoms. The molecule has 1 atom stereocenters. The topological polar surface area (TPSA) is 38.8 Å². The Balaban J connectivity index is 1.81. The largest absolute Gasteiger partial charge is 0.494 e. The van der Waals surface area contributed by atoms with Crippen LogP contribution >= 0.6 is 11.3 Å². The Bertz CT molecular complexity index is 708. The van der Waals surface area contributed by atoms with Crippen molar-refractivity contribution in [3.8, 4) is 5.75 Å². The van der Waals surface area contributed by atoms with Crippen LogP contribution in [0.15, 0.2) is 35.7 Å². The highest BCUT2D eigenvalue weighted by molar-refractivity contribution is 7.09. The van der Waals surface area contributed by atoms with Gasteiger partial charge in [0.05, 0.1) is 12.7 Å². The molecule has 1 unspecified atom stereocenters. The summed E-state index contributed by atoms with van der Waals surface area (Å²) in [6.07, 6.45) is 2.55. The minimum Gasteiger partial charge on any atom is -0.494 e. The fraction of sp³-hybridized carbons (Fsp3) is 0.476. The first-order valence-corrected chi connectivity index (χ1v) is 10.2. The van der Waals surface area contributed by atoms with Gasteiger partial charge < -0.3 is 9.47 Å². The Hall–Kier alpha value is -1.69. The average Bonchev–Trinajstić information content (AvgIpc) is 3.30. The first-order valence-electron chi connectivity index (χ1n) is 9.28. The highest BCUT2D eigenvalue weighted by Gasteiger charge is 2.21. The van der Waals surface area contributed by atoms with Crippen molar-refractivity contribution in [2.75, 3.05) is 19.8 Å². The summed E-state index contributed by atoms with van der Waals surface area (Å²) in [5, 5.41) is 2.11. The van der Waals surface area contributed by atoms with Crippen molar-refractivity contribution in [1.29, 1.82) is 0 Å². The van der Waals surface area contributed by atoms with E-state index >= 15 is 0 Å². The molecule has 1 saturated heterocycles. The number of carbonyl (C=O) groups excluding carboxylic acids is 1. The van der Waals surface area contributed by atoms with E-state index in [1.807, 2.05) is 25.1 Å². The van der Waals surface area contributed by atoms with Gasteiger partial charge in [0.15, 0.2) is 5.78 Å². The number of ether oxygens (including phenoxy) is 2. The van der Waals surface area contributed by atoms with Gasteiger partial charge in [0, 0.05) is 42.2 Å². The summed E-state index contributed by atoms with van der Waals surface area (Å²) < 4.78 is 11.7. The van der Waals surface area contributed by atoms with E-state index in [1.165, 1.54) is 4.88 Å². The molecule has 26 heavy (non-hydrogen) atoms. The molecule has 4 nitrogen and oxygen atoms in total. The van der Waals surface area contributed by atoms with Crippen LogP contribution in [-0.2, 0) is 17.8 Å². The molecule has 1 aliphatic rings. The predicted molar refractivity (Wildman–Crippen MR) is 105 cm³/mol. The molecule has 1 aromatic heterocycles. The average molecular weight is 374 g/mol. The summed E-state index contributed by atoms with van der Waals surface area (Å²) in [6.45, 7) is 7.59. The van der Waals surface area contributed by atoms with Crippen molar-refractivity contribution in [2.24, 2.45) is 0 Å². The first-order chi connectivity index (χ1) is 12.7. The van der Waals surface area contributed by atoms with Crippen molar-refractivity contribution in [3.05, 3.63) is 51.7 Å². The SMILES string of the molecule is CCOc1ccc(C(C)=O)cc1CN(Cc1cccs1)CC1CCCO1. The molecular formula is C21H27NO3S. The number of rotatable bonds is 9. The second-order valence-corrected chi connectivity index (χ2v) is 7.73. The first kappa shape index (κ1) is 19.1. The molecule has 1 fully saturated rings. The number of nitrogens with zero attached hydrogens (tertiary/aromatic N) is 1. The van der Waals surface area contributed by atoms with Gasteiger partial charge >= 0.3 is 0 Å². The Morgan fingerprint density at radius 3 is 2.88 bits per heavy atom. The molecular weight excluding hydrogens is 346 g/mol. The third kappa shape index (κ3) is 5.16. The lowest BCUT2D eigenvalue weighted by Gasteiger charge is -2.26. The summed E-state index contributed by atoms with van der Waals surface area (Å²) in [5.41, 5.74) is 1.80. The molecule has 140 valence electrons. The van der Waals surface area contributed by atoms with Gasteiger partial charge in [-0.25, -0.2) is 0 Å². The summed E-state index contributed by atoms with van der Waals surface area (Å²) in [7, 11) is 0. The second kappa shape index (κ2) is 9.31. The van der Waals surface area contributed by atoms with E-state index in [-0.39, 0.29) is 5.78 Å². The van der Waals surface area contributed by atoms with Crippen molar-refractivity contribution < 1.29 is 14.3 Å². The number of ketones is 1. The Labute approximate surface area is 159 Å². The smallest absolute Gasteiger partial charge is 0.159 e. The van der Waals surface area contributed by atoms with Gasteiger partial charge in [-0.05, 0) is 56.3 Å². The van der Waals surface area contributed by atoms with Crippen LogP contribution in [0.25, 0.3) is 0 Å². The molecule has 2 heterocycles. The molecule has 0 saturated carbocycles. The van der Waals surface area contributed by atoms with Crippen molar-refractivity contribution >= 4 is 17.1 Å². The highest BCUT2D eigenvalue weighted by atomic mass is 32.1. The number of hydrogen-bond donors (Lipinski definition) is 0. The normalized spacial score (nSPS) is 17.0. The molecule has 0 aliphatic carbocycles. The maximum absolute atomic E-state index is 11.8. The van der Waals surface area contributed by atoms with E-state index in [0.29, 0.717) is 12.7 Å². The summed E-state index contributed by atoms with van der Waals surface area (Å²) >= 11 is 1.77. The zero-order valence-electron chi connectivity index (χ0n) is 15.6. The van der Waals surface area contributed by atoms with Gasteiger partial charge in [0.25, 0.3) is 0 Å². The van der Waals surface area contributed by atoms with Crippen LogP contribution in [0.4, 0.5) is 0 Å². The summed E-state index contributed by atoms with van der Waals surface area (Å²) in [4.78, 5) is 15.6. The van der Waals surface area contributed by atoms with Gasteiger partial charge in [0.1, 0.15) is 5.75 Å². The van der Waals surface area contributed by atoms with Crippen LogP contribution < -0.4 is 4.74 Å². The molecule has 3 rings (SSSR count). The fourth-order valence-electron chi connectivity index (χ4n) is 3.34. The van der Waals surface area contributed by atoms with Gasteiger partial charge in [0.2, 0.25) is 0 Å². The summed E-state index contributed by atoms with van der Waals surface area (Å²) in [5.74, 6) is 0.944. The zero-order valence-corrected chi connectivity index (χ0v) is 16.4. The van der Waals surface area contributed by atoms with E-state index in [9.17, 15) is 4.79 Å². The number of Topliss-reactive ketones (excluding diaryl/α,β-unsaturated/α-hetero) is 1. The van der Waals surface area contributed by atoms with E-state index in [1.54, 1.807) is 18.3 Å². The molecule has 5 heteroatoms. The van der Waals surface area contributed by atoms with Gasteiger partial charge in [-0.2, -0.15) is 0 Å². The minimum absolute atomic E-state index is 0.0817. The summed E-state index contributed by atoms with van der Waals surface area (Å²) in [6, 6.07) is 10.0. The van der Waals surface area contributed by atoms with Crippen LogP contribution in [0.3, 0.4) is 0 Å². The monoisotopic (exact) mass is 373 g/mol. The van der Waals surface area contributed by atoms with Gasteiger partial charge in [-0.1, -0.05) is 6.07 Å². The maximum Gasteiger partial charge on any atom is 0.159 e. The lowest BCUT2D eigenvalue weighted by atomic mass is 10.1. The Kier molecular flexibility index (Phi) is 6.83. The third-order valence-electron chi connectivity index (χ3n) is 4.61. The zero-order chi connectivity index (χ0) is 18.4. The van der Waals surface area contributed by atoms with Gasteiger partial charge in [-0.15, -0.1) is 11.3 Å². The van der Waals surface area contributed by atoms with E-state index < -0.39 is 0 Å². The quantitative estimate of drug-likeness (QED) is 0.605. The van der Waals surface area contributed by atoms with Crippen LogP contribution in [0.1, 0.15) is 47.5 Å². The lowest BCUT2D eigenvalue weighted by Crippen LogP contribution is -2.31. The number of benzene rings is 1. The lowest BCUT2D eigenvalue weighted by molar-refractivity contribution is 0.0679. The predicted octanol–water partition coefficient (Wildman–Crippen LogP) is 4.53. The van der Waals surface area contributed by atoms with E-state index in [0.717, 1.165) is 56.0 Å². The molecule has 0 amide bonds. The van der Waals surface area contributed by atoms with E-state index in [2.05, 4.69) is 22.4 Å². The van der Waals surface area contributed by atoms with Crippen molar-refractivity contribution in [1.82, 2.24) is 4.90 Å². The van der Waals surface area contributed by atoms with E-state index in [4.69, 9.17) is 9.47 Å². The number of thiophene rings is 1. The molecule has 0 radical (unpaired) electrons. The Morgan fingerprint density at radius 2 is 2.23 bits per heavy atom. The van der Waals surface area contributed by atoms with Crippen LogP contribution in [0.2, 0.25) is 0 Å². The minimum atomic E-state index is 0.0817. The Morgan fingerprint density at radius 1 is 1.35 bits per heavy atom. The van der Waals surface area contributed by atoms with Crippen molar-refractivity contribution in [3.63, 3.8) is 0 Å². The molecule has 0 N–H and O–H groups in total.